The molecule has 0 bridgehead atoms. The van der Waals surface area contributed by atoms with Crippen molar-refractivity contribution in [3.8, 4) is 0 Å². The summed E-state index contributed by atoms with van der Waals surface area (Å²) < 4.78 is 5.97. The summed E-state index contributed by atoms with van der Waals surface area (Å²) in [5.74, 6) is 6.68. The summed E-state index contributed by atoms with van der Waals surface area (Å²) in [6.07, 6.45) is 6.33. The molecule has 0 amide bonds. The van der Waals surface area contributed by atoms with Gasteiger partial charge in [-0.1, -0.05) is 37.1 Å². The molecule has 1 aromatic rings. The van der Waals surface area contributed by atoms with Crippen LogP contribution in [0.15, 0.2) is 24.3 Å². The molecule has 3 heteroatoms. The Kier molecular flexibility index (Phi) is 3.64. The van der Waals surface area contributed by atoms with Crippen molar-refractivity contribution in [2.45, 2.75) is 44.2 Å². The molecule has 1 aliphatic heterocycles. The van der Waals surface area contributed by atoms with Crippen LogP contribution >= 0.6 is 0 Å². The number of ether oxygens (including phenoxy) is 1. The van der Waals surface area contributed by atoms with Crippen molar-refractivity contribution >= 4 is 0 Å². The van der Waals surface area contributed by atoms with Crippen LogP contribution in [-0.2, 0) is 11.2 Å². The Bertz CT molecular complexity index is 403. The molecule has 1 saturated carbocycles. The Labute approximate surface area is 109 Å². The topological polar surface area (TPSA) is 47.3 Å². The van der Waals surface area contributed by atoms with Crippen molar-refractivity contribution in [2.75, 3.05) is 6.61 Å². The molecule has 2 aliphatic rings. The van der Waals surface area contributed by atoms with E-state index in [2.05, 4.69) is 29.7 Å². The van der Waals surface area contributed by atoms with E-state index in [-0.39, 0.29) is 12.1 Å². The maximum Gasteiger partial charge on any atom is 0.0994 e. The van der Waals surface area contributed by atoms with Crippen LogP contribution in [0.5, 0.6) is 0 Å². The van der Waals surface area contributed by atoms with Crippen LogP contribution in [0.2, 0.25) is 0 Å². The van der Waals surface area contributed by atoms with Gasteiger partial charge in [0.25, 0.3) is 0 Å². The fraction of sp³-hybridized carbons (Fsp3) is 0.600. The fourth-order valence-corrected chi connectivity index (χ4v) is 2.90. The van der Waals surface area contributed by atoms with E-state index in [9.17, 15) is 0 Å². The van der Waals surface area contributed by atoms with Crippen molar-refractivity contribution in [1.29, 1.82) is 0 Å². The lowest BCUT2D eigenvalue weighted by Gasteiger charge is -2.32. The third-order valence-corrected chi connectivity index (χ3v) is 4.19. The summed E-state index contributed by atoms with van der Waals surface area (Å²) in [7, 11) is 0. The largest absolute Gasteiger partial charge is 0.371 e. The fourth-order valence-electron chi connectivity index (χ4n) is 2.90. The zero-order chi connectivity index (χ0) is 12.4. The average Bonchev–Trinajstić information content (AvgIpc) is 3.24. The van der Waals surface area contributed by atoms with Crippen LogP contribution in [0.1, 0.15) is 42.9 Å². The first-order chi connectivity index (χ1) is 8.88. The maximum absolute atomic E-state index is 5.97. The van der Waals surface area contributed by atoms with Crippen molar-refractivity contribution < 1.29 is 4.74 Å². The number of hydrazine groups is 1. The minimum absolute atomic E-state index is 0.124. The Morgan fingerprint density at radius 2 is 2.17 bits per heavy atom. The number of nitrogens with one attached hydrogen (secondary N) is 1. The highest BCUT2D eigenvalue weighted by molar-refractivity contribution is 5.31. The summed E-state index contributed by atoms with van der Waals surface area (Å²) in [5.41, 5.74) is 5.71. The lowest BCUT2D eigenvalue weighted by atomic mass is 9.91. The molecule has 18 heavy (non-hydrogen) atoms. The predicted octanol–water partition coefficient (Wildman–Crippen LogP) is 2.32. The van der Waals surface area contributed by atoms with Gasteiger partial charge >= 0.3 is 0 Å². The summed E-state index contributed by atoms with van der Waals surface area (Å²) in [5, 5.41) is 0. The highest BCUT2D eigenvalue weighted by Crippen LogP contribution is 2.37. The number of nitrogens with two attached hydrogens (primary N) is 1. The van der Waals surface area contributed by atoms with Gasteiger partial charge in [0.15, 0.2) is 0 Å². The molecule has 3 N–H and O–H groups in total. The van der Waals surface area contributed by atoms with Crippen LogP contribution in [0, 0.1) is 5.92 Å². The summed E-state index contributed by atoms with van der Waals surface area (Å²) >= 11 is 0. The van der Waals surface area contributed by atoms with Gasteiger partial charge in [-0.25, -0.2) is 0 Å². The van der Waals surface area contributed by atoms with Crippen LogP contribution in [0.25, 0.3) is 0 Å². The quantitative estimate of drug-likeness (QED) is 0.619. The van der Waals surface area contributed by atoms with Crippen LogP contribution < -0.4 is 11.3 Å². The third kappa shape index (κ3) is 2.58. The van der Waals surface area contributed by atoms with Gasteiger partial charge in [0.1, 0.15) is 0 Å². The molecule has 0 aromatic heterocycles. The lowest BCUT2D eigenvalue weighted by Crippen LogP contribution is -2.42. The van der Waals surface area contributed by atoms with Gasteiger partial charge in [0, 0.05) is 0 Å². The van der Waals surface area contributed by atoms with Crippen LogP contribution in [0.4, 0.5) is 0 Å². The van der Waals surface area contributed by atoms with Crippen LogP contribution in [-0.4, -0.2) is 12.6 Å². The molecule has 3 rings (SSSR count). The van der Waals surface area contributed by atoms with E-state index in [1.165, 1.54) is 30.4 Å². The molecular formula is C15H22N2O. The normalized spacial score (nSPS) is 24.6. The first kappa shape index (κ1) is 12.2. The van der Waals surface area contributed by atoms with Gasteiger partial charge in [-0.05, 0) is 36.3 Å². The maximum atomic E-state index is 5.97. The third-order valence-electron chi connectivity index (χ3n) is 4.19. The van der Waals surface area contributed by atoms with Gasteiger partial charge in [-0.2, -0.15) is 0 Å². The lowest BCUT2D eigenvalue weighted by molar-refractivity contribution is 0.0124. The van der Waals surface area contributed by atoms with Gasteiger partial charge in [-0.3, -0.25) is 11.3 Å². The van der Waals surface area contributed by atoms with E-state index < -0.39 is 0 Å². The predicted molar refractivity (Wildman–Crippen MR) is 71.9 cm³/mol. The second-order valence-corrected chi connectivity index (χ2v) is 5.53. The molecule has 3 nitrogen and oxygen atoms in total. The molecule has 0 saturated heterocycles. The molecule has 1 fully saturated rings. The van der Waals surface area contributed by atoms with E-state index in [0.29, 0.717) is 0 Å². The molecule has 1 heterocycles. The summed E-state index contributed by atoms with van der Waals surface area (Å²) in [4.78, 5) is 0. The minimum Gasteiger partial charge on any atom is -0.371 e. The van der Waals surface area contributed by atoms with E-state index in [0.717, 1.165) is 25.4 Å². The van der Waals surface area contributed by atoms with Gasteiger partial charge in [0.05, 0.1) is 18.8 Å². The smallest absolute Gasteiger partial charge is 0.0994 e. The number of rotatable bonds is 5. The number of fused-ring (bicyclic) bond motifs is 1. The first-order valence-electron chi connectivity index (χ1n) is 7.04. The first-order valence-corrected chi connectivity index (χ1v) is 7.04. The molecule has 98 valence electrons. The Hall–Kier alpha value is -0.900. The zero-order valence-corrected chi connectivity index (χ0v) is 10.8. The van der Waals surface area contributed by atoms with E-state index >= 15 is 0 Å². The number of hydrogen-bond acceptors (Lipinski definition) is 3. The second-order valence-electron chi connectivity index (χ2n) is 5.53. The molecule has 2 atom stereocenters. The Morgan fingerprint density at radius 1 is 1.33 bits per heavy atom. The highest BCUT2D eigenvalue weighted by atomic mass is 16.5. The summed E-state index contributed by atoms with van der Waals surface area (Å²) in [6.45, 7) is 0.809. The van der Waals surface area contributed by atoms with E-state index in [1.54, 1.807) is 0 Å². The van der Waals surface area contributed by atoms with Crippen LogP contribution in [0.3, 0.4) is 0 Å². The van der Waals surface area contributed by atoms with Crippen molar-refractivity contribution in [3.05, 3.63) is 35.4 Å². The van der Waals surface area contributed by atoms with E-state index in [1.807, 2.05) is 0 Å². The molecule has 1 aromatic carbocycles. The average molecular weight is 246 g/mol. The van der Waals surface area contributed by atoms with Crippen molar-refractivity contribution in [1.82, 2.24) is 5.43 Å². The Balaban J connectivity index is 1.73. The molecule has 0 radical (unpaired) electrons. The zero-order valence-electron chi connectivity index (χ0n) is 10.8. The van der Waals surface area contributed by atoms with Gasteiger partial charge < -0.3 is 4.74 Å². The minimum atomic E-state index is 0.124. The monoisotopic (exact) mass is 246 g/mol. The standard InChI is InChI=1S/C15H22N2O/c16-17-14(8-7-11-5-6-11)15-13-4-2-1-3-12(13)9-10-18-15/h1-4,11,14-15,17H,5-10,16H2. The molecule has 0 spiro atoms. The Morgan fingerprint density at radius 3 is 2.94 bits per heavy atom. The number of hydrogen-bond donors (Lipinski definition) is 2. The SMILES string of the molecule is NNC(CCC1CC1)C1OCCc2ccccc21. The second kappa shape index (κ2) is 5.39. The van der Waals surface area contributed by atoms with Gasteiger partial charge in [-0.15, -0.1) is 0 Å². The van der Waals surface area contributed by atoms with Crippen molar-refractivity contribution in [2.24, 2.45) is 11.8 Å². The molecular weight excluding hydrogens is 224 g/mol. The molecule has 2 unspecified atom stereocenters. The highest BCUT2D eigenvalue weighted by Gasteiger charge is 2.30. The molecule has 1 aliphatic carbocycles. The van der Waals surface area contributed by atoms with Crippen molar-refractivity contribution in [3.63, 3.8) is 0 Å². The number of benzene rings is 1. The van der Waals surface area contributed by atoms with Gasteiger partial charge in [0.2, 0.25) is 0 Å². The van der Waals surface area contributed by atoms with E-state index in [4.69, 9.17) is 10.6 Å². The summed E-state index contributed by atoms with van der Waals surface area (Å²) in [6, 6.07) is 8.83.